The third kappa shape index (κ3) is 5.17. The lowest BCUT2D eigenvalue weighted by molar-refractivity contribution is 0.200. The smallest absolute Gasteiger partial charge is 0.317 e. The number of hydrogen-bond donors (Lipinski definition) is 1. The van der Waals surface area contributed by atoms with Gasteiger partial charge in [0.15, 0.2) is 11.5 Å². The number of benzene rings is 2. The molecule has 0 saturated carbocycles. The number of carbonyl (C=O) groups excluding carboxylic acids is 1. The van der Waals surface area contributed by atoms with E-state index >= 15 is 0 Å². The lowest BCUT2D eigenvalue weighted by Gasteiger charge is -2.21. The molecule has 1 N–H and O–H groups in total. The average molecular weight is 413 g/mol. The molecule has 1 heterocycles. The highest BCUT2D eigenvalue weighted by atomic mass is 16.5. The number of nitrogens with one attached hydrogen (secondary N) is 1. The van der Waals surface area contributed by atoms with Crippen LogP contribution in [0.25, 0.3) is 0 Å². The van der Waals surface area contributed by atoms with Gasteiger partial charge in [0.2, 0.25) is 5.75 Å². The molecule has 0 radical (unpaired) electrons. The Hall–Kier alpha value is -2.89. The minimum Gasteiger partial charge on any atom is -0.493 e. The summed E-state index contributed by atoms with van der Waals surface area (Å²) in [5.74, 6) is 2.37. The van der Waals surface area contributed by atoms with E-state index in [2.05, 4.69) is 29.6 Å². The standard InChI is InChI=1S/C24H32N2O4/c1-28-21-12-11-20(22(29-2)23(21)30-3)13-15-25-24(27)26-16-7-10-19(14-17-26)18-8-5-4-6-9-18/h4-6,8-9,11-12,19H,7,10,13-17H2,1-3H3,(H,25,27). The fourth-order valence-corrected chi connectivity index (χ4v) is 4.13. The molecule has 1 unspecified atom stereocenters. The second kappa shape index (κ2) is 10.8. The zero-order chi connectivity index (χ0) is 21.3. The molecular formula is C24H32N2O4. The topological polar surface area (TPSA) is 60.0 Å². The fourth-order valence-electron chi connectivity index (χ4n) is 4.13. The van der Waals surface area contributed by atoms with Crippen LogP contribution in [0.5, 0.6) is 17.2 Å². The van der Waals surface area contributed by atoms with Gasteiger partial charge in [0.1, 0.15) is 0 Å². The summed E-state index contributed by atoms with van der Waals surface area (Å²) in [7, 11) is 4.80. The number of methoxy groups -OCH3 is 3. The largest absolute Gasteiger partial charge is 0.493 e. The Morgan fingerprint density at radius 1 is 0.967 bits per heavy atom. The molecule has 2 aromatic rings. The van der Waals surface area contributed by atoms with Crippen LogP contribution in [0.15, 0.2) is 42.5 Å². The number of hydrogen-bond acceptors (Lipinski definition) is 4. The van der Waals surface area contributed by atoms with Crippen molar-refractivity contribution in [1.82, 2.24) is 10.2 Å². The number of likely N-dealkylation sites (tertiary alicyclic amines) is 1. The van der Waals surface area contributed by atoms with Gasteiger partial charge in [0, 0.05) is 25.2 Å². The van der Waals surface area contributed by atoms with Crippen molar-refractivity contribution < 1.29 is 19.0 Å². The third-order valence-corrected chi connectivity index (χ3v) is 5.74. The predicted molar refractivity (Wildman–Crippen MR) is 118 cm³/mol. The van der Waals surface area contributed by atoms with Crippen molar-refractivity contribution in [3.8, 4) is 17.2 Å². The van der Waals surface area contributed by atoms with E-state index in [4.69, 9.17) is 14.2 Å². The summed E-state index contributed by atoms with van der Waals surface area (Å²) >= 11 is 0. The summed E-state index contributed by atoms with van der Waals surface area (Å²) in [4.78, 5) is 14.6. The molecule has 3 rings (SSSR count). The first-order valence-electron chi connectivity index (χ1n) is 10.5. The van der Waals surface area contributed by atoms with Gasteiger partial charge in [0.05, 0.1) is 21.3 Å². The van der Waals surface area contributed by atoms with Crippen molar-refractivity contribution in [2.24, 2.45) is 0 Å². The van der Waals surface area contributed by atoms with Crippen molar-refractivity contribution >= 4 is 6.03 Å². The van der Waals surface area contributed by atoms with Crippen LogP contribution in [0, 0.1) is 0 Å². The van der Waals surface area contributed by atoms with Gasteiger partial charge in [-0.2, -0.15) is 0 Å². The van der Waals surface area contributed by atoms with E-state index in [1.807, 2.05) is 23.1 Å². The molecule has 0 bridgehead atoms. The molecule has 0 aromatic heterocycles. The van der Waals surface area contributed by atoms with Gasteiger partial charge < -0.3 is 24.4 Å². The molecule has 0 aliphatic carbocycles. The van der Waals surface area contributed by atoms with Crippen LogP contribution in [-0.2, 0) is 6.42 Å². The van der Waals surface area contributed by atoms with E-state index in [0.29, 0.717) is 36.1 Å². The maximum atomic E-state index is 12.7. The van der Waals surface area contributed by atoms with Crippen LogP contribution in [-0.4, -0.2) is 51.9 Å². The number of rotatable bonds is 7. The molecule has 1 saturated heterocycles. The van der Waals surface area contributed by atoms with Crippen LogP contribution >= 0.6 is 0 Å². The van der Waals surface area contributed by atoms with E-state index in [1.165, 1.54) is 5.56 Å². The van der Waals surface area contributed by atoms with Crippen LogP contribution in [0.4, 0.5) is 4.79 Å². The van der Waals surface area contributed by atoms with E-state index in [1.54, 1.807) is 21.3 Å². The Kier molecular flexibility index (Phi) is 7.82. The molecule has 6 nitrogen and oxygen atoms in total. The maximum Gasteiger partial charge on any atom is 0.317 e. The van der Waals surface area contributed by atoms with Gasteiger partial charge in [0.25, 0.3) is 0 Å². The molecule has 2 aromatic carbocycles. The van der Waals surface area contributed by atoms with Gasteiger partial charge in [-0.15, -0.1) is 0 Å². The molecular weight excluding hydrogens is 380 g/mol. The van der Waals surface area contributed by atoms with Crippen molar-refractivity contribution in [1.29, 1.82) is 0 Å². The molecule has 6 heteroatoms. The minimum absolute atomic E-state index is 0.00292. The Bertz CT molecular complexity index is 825. The average Bonchev–Trinajstić information content (AvgIpc) is 3.05. The van der Waals surface area contributed by atoms with E-state index < -0.39 is 0 Å². The second-order valence-corrected chi connectivity index (χ2v) is 7.50. The highest BCUT2D eigenvalue weighted by molar-refractivity contribution is 5.74. The summed E-state index contributed by atoms with van der Waals surface area (Å²) < 4.78 is 16.3. The number of urea groups is 1. The zero-order valence-electron chi connectivity index (χ0n) is 18.1. The van der Waals surface area contributed by atoms with Crippen molar-refractivity contribution in [2.75, 3.05) is 41.0 Å². The Morgan fingerprint density at radius 2 is 1.73 bits per heavy atom. The number of carbonyl (C=O) groups is 1. The van der Waals surface area contributed by atoms with Gasteiger partial charge in [-0.25, -0.2) is 4.79 Å². The lowest BCUT2D eigenvalue weighted by atomic mass is 9.92. The fraction of sp³-hybridized carbons (Fsp3) is 0.458. The summed E-state index contributed by atoms with van der Waals surface area (Å²) in [5, 5.41) is 3.06. The summed E-state index contributed by atoms with van der Waals surface area (Å²) in [5.41, 5.74) is 2.34. The monoisotopic (exact) mass is 412 g/mol. The second-order valence-electron chi connectivity index (χ2n) is 7.50. The summed E-state index contributed by atoms with van der Waals surface area (Å²) in [6.07, 6.45) is 3.80. The molecule has 2 amide bonds. The molecule has 1 aliphatic heterocycles. The number of nitrogens with zero attached hydrogens (tertiary/aromatic N) is 1. The number of ether oxygens (including phenoxy) is 3. The first kappa shape index (κ1) is 21.8. The molecule has 30 heavy (non-hydrogen) atoms. The highest BCUT2D eigenvalue weighted by Gasteiger charge is 2.22. The molecule has 1 atom stereocenters. The highest BCUT2D eigenvalue weighted by Crippen LogP contribution is 2.39. The Balaban J connectivity index is 1.54. The third-order valence-electron chi connectivity index (χ3n) is 5.74. The molecule has 162 valence electrons. The zero-order valence-corrected chi connectivity index (χ0v) is 18.1. The van der Waals surface area contributed by atoms with Crippen molar-refractivity contribution in [3.63, 3.8) is 0 Å². The van der Waals surface area contributed by atoms with E-state index in [9.17, 15) is 4.79 Å². The first-order valence-corrected chi connectivity index (χ1v) is 10.5. The molecule has 1 fully saturated rings. The minimum atomic E-state index is 0.00292. The normalized spacial score (nSPS) is 16.5. The van der Waals surface area contributed by atoms with Gasteiger partial charge in [-0.05, 0) is 43.2 Å². The SMILES string of the molecule is COc1ccc(CCNC(=O)N2CCCC(c3ccccc3)CC2)c(OC)c1OC. The van der Waals surface area contributed by atoms with Gasteiger partial charge in [-0.1, -0.05) is 36.4 Å². The van der Waals surface area contributed by atoms with E-state index in [0.717, 1.165) is 37.9 Å². The summed E-state index contributed by atoms with van der Waals surface area (Å²) in [6.45, 7) is 2.11. The van der Waals surface area contributed by atoms with Gasteiger partial charge in [-0.3, -0.25) is 0 Å². The van der Waals surface area contributed by atoms with Crippen LogP contribution in [0.1, 0.15) is 36.3 Å². The van der Waals surface area contributed by atoms with Gasteiger partial charge >= 0.3 is 6.03 Å². The van der Waals surface area contributed by atoms with Crippen LogP contribution in [0.3, 0.4) is 0 Å². The quantitative estimate of drug-likeness (QED) is 0.739. The lowest BCUT2D eigenvalue weighted by Crippen LogP contribution is -2.41. The van der Waals surface area contributed by atoms with E-state index in [-0.39, 0.29) is 6.03 Å². The van der Waals surface area contributed by atoms with Crippen LogP contribution in [0.2, 0.25) is 0 Å². The van der Waals surface area contributed by atoms with Crippen LogP contribution < -0.4 is 19.5 Å². The number of amides is 2. The summed E-state index contributed by atoms with van der Waals surface area (Å²) in [6, 6.07) is 14.4. The predicted octanol–water partition coefficient (Wildman–Crippen LogP) is 4.23. The van der Waals surface area contributed by atoms with Crippen molar-refractivity contribution in [2.45, 2.75) is 31.6 Å². The maximum absolute atomic E-state index is 12.7. The molecule has 1 aliphatic rings. The molecule has 0 spiro atoms. The first-order chi connectivity index (χ1) is 14.7. The van der Waals surface area contributed by atoms with Crippen molar-refractivity contribution in [3.05, 3.63) is 53.6 Å². The Labute approximate surface area is 179 Å². The Morgan fingerprint density at radius 3 is 2.43 bits per heavy atom.